The van der Waals surface area contributed by atoms with Crippen molar-refractivity contribution in [3.8, 4) is 6.07 Å². The average Bonchev–Trinajstić information content (AvgIpc) is 2.74. The number of carboxylic acid groups (broad SMARTS) is 1. The number of benzene rings is 1. The number of aliphatic hydroxyl groups is 3. The van der Waals surface area contributed by atoms with Crippen LogP contribution in [0.2, 0.25) is 0 Å². The Balaban J connectivity index is 2.01. The molecular formula is C24H25N3O7. The molecule has 1 fully saturated rings. The highest BCUT2D eigenvalue weighted by Gasteiger charge is 2.64. The van der Waals surface area contributed by atoms with Crippen LogP contribution in [0.15, 0.2) is 29.0 Å². The highest BCUT2D eigenvalue weighted by molar-refractivity contribution is 6.23. The van der Waals surface area contributed by atoms with E-state index < -0.39 is 58.1 Å². The summed E-state index contributed by atoms with van der Waals surface area (Å²) in [6, 6.07) is 4.10. The number of hydrogen-bond acceptors (Lipinski definition) is 9. The number of aliphatic carboxylic acids is 1. The highest BCUT2D eigenvalue weighted by Crippen LogP contribution is 2.52. The van der Waals surface area contributed by atoms with Crippen molar-refractivity contribution in [2.45, 2.75) is 24.5 Å². The average molecular weight is 467 g/mol. The van der Waals surface area contributed by atoms with Crippen molar-refractivity contribution >= 4 is 29.0 Å². The molecule has 0 radical (unpaired) electrons. The van der Waals surface area contributed by atoms with E-state index in [2.05, 4.69) is 0 Å². The second-order valence-corrected chi connectivity index (χ2v) is 9.39. The molecule has 0 aliphatic heterocycles. The minimum absolute atomic E-state index is 0.0241. The molecule has 1 aromatic rings. The lowest BCUT2D eigenvalue weighted by Crippen LogP contribution is -2.65. The minimum atomic E-state index is -2.71. The fraction of sp³-hybridized carbons (Fsp3) is 0.417. The molecule has 3 aliphatic carbocycles. The van der Waals surface area contributed by atoms with Crippen LogP contribution >= 0.6 is 0 Å². The Morgan fingerprint density at radius 1 is 1.18 bits per heavy atom. The first-order chi connectivity index (χ1) is 15.9. The summed E-state index contributed by atoms with van der Waals surface area (Å²) in [5.41, 5.74) is -2.22. The molecule has 3 aliphatic rings. The summed E-state index contributed by atoms with van der Waals surface area (Å²) in [7, 11) is 6.66. The number of hydrogen-bond donors (Lipinski definition) is 4. The lowest BCUT2D eigenvalue weighted by atomic mass is 9.57. The number of likely N-dealkylation sites (N-methyl/N-ethyl adjacent to an activating group) is 1. The SMILES string of the molecule is CN(C)c1ccc(C#N)c2c1C[C@H]1C[C@H]3[C@H](N(C)C)C(=O)C(C(=O)O)=C(O)[C@@]3(O)C(=O)C1=C2O. The van der Waals surface area contributed by atoms with Crippen LogP contribution in [0.5, 0.6) is 0 Å². The van der Waals surface area contributed by atoms with E-state index in [0.29, 0.717) is 5.56 Å². The molecule has 0 saturated heterocycles. The van der Waals surface area contributed by atoms with E-state index in [0.717, 1.165) is 5.69 Å². The molecule has 4 atom stereocenters. The molecule has 4 N–H and O–H groups in total. The quantitative estimate of drug-likeness (QED) is 0.468. The summed E-state index contributed by atoms with van der Waals surface area (Å²) in [6.45, 7) is 0. The van der Waals surface area contributed by atoms with E-state index in [1.807, 2.05) is 11.0 Å². The fourth-order valence-corrected chi connectivity index (χ4v) is 5.73. The molecule has 10 heteroatoms. The van der Waals surface area contributed by atoms with E-state index in [-0.39, 0.29) is 29.5 Å². The van der Waals surface area contributed by atoms with Crippen LogP contribution < -0.4 is 4.90 Å². The predicted molar refractivity (Wildman–Crippen MR) is 120 cm³/mol. The molecule has 1 aromatic carbocycles. The summed E-state index contributed by atoms with van der Waals surface area (Å²) in [5.74, 6) is -7.18. The lowest BCUT2D eigenvalue weighted by Gasteiger charge is -2.50. The zero-order chi connectivity index (χ0) is 25.3. The van der Waals surface area contributed by atoms with Crippen molar-refractivity contribution < 1.29 is 34.8 Å². The summed E-state index contributed by atoms with van der Waals surface area (Å²) >= 11 is 0. The number of carboxylic acids is 1. The minimum Gasteiger partial charge on any atom is -0.508 e. The van der Waals surface area contributed by atoms with Crippen LogP contribution in [0, 0.1) is 23.2 Å². The van der Waals surface area contributed by atoms with Gasteiger partial charge in [0.15, 0.2) is 17.1 Å². The Hall–Kier alpha value is -3.68. The maximum atomic E-state index is 13.7. The first kappa shape index (κ1) is 23.5. The van der Waals surface area contributed by atoms with Gasteiger partial charge in [-0.3, -0.25) is 14.5 Å². The number of carbonyl (C=O) groups excluding carboxylic acids is 2. The van der Waals surface area contributed by atoms with Crippen molar-refractivity contribution in [1.82, 2.24) is 4.90 Å². The standard InChI is InChI=1S/C24H25N3O7/c1-26(2)14-6-5-10(9-25)15-12(14)7-11-8-13-18(27(3)4)20(29)17(23(32)33)22(31)24(13,34)21(30)16(11)19(15)28/h5-6,11,13,18,28,31,34H,7-8H2,1-4H3,(H,32,33)/t11-,13-,18-,24-/m0/s1. The van der Waals surface area contributed by atoms with Gasteiger partial charge in [-0.2, -0.15) is 5.26 Å². The molecule has 4 rings (SSSR count). The van der Waals surface area contributed by atoms with E-state index >= 15 is 0 Å². The van der Waals surface area contributed by atoms with Gasteiger partial charge in [0.2, 0.25) is 5.78 Å². The molecule has 0 spiro atoms. The number of nitriles is 1. The predicted octanol–water partition coefficient (Wildman–Crippen LogP) is 0.795. The third-order valence-electron chi connectivity index (χ3n) is 7.17. The van der Waals surface area contributed by atoms with Crippen LogP contribution in [0.4, 0.5) is 5.69 Å². The number of aliphatic hydroxyl groups excluding tert-OH is 2. The Morgan fingerprint density at radius 3 is 2.35 bits per heavy atom. The van der Waals surface area contributed by atoms with Gasteiger partial charge in [-0.1, -0.05) is 0 Å². The maximum absolute atomic E-state index is 13.7. The van der Waals surface area contributed by atoms with Gasteiger partial charge >= 0.3 is 5.97 Å². The number of anilines is 1. The number of rotatable bonds is 3. The maximum Gasteiger partial charge on any atom is 0.342 e. The van der Waals surface area contributed by atoms with Crippen molar-refractivity contribution in [1.29, 1.82) is 5.26 Å². The molecule has 34 heavy (non-hydrogen) atoms. The zero-order valence-corrected chi connectivity index (χ0v) is 19.2. The molecule has 10 nitrogen and oxygen atoms in total. The van der Waals surface area contributed by atoms with Crippen LogP contribution in [0.25, 0.3) is 5.76 Å². The van der Waals surface area contributed by atoms with Gasteiger partial charge in [-0.25, -0.2) is 4.79 Å². The summed E-state index contributed by atoms with van der Waals surface area (Å²) < 4.78 is 0. The number of ketones is 2. The topological polar surface area (TPSA) is 162 Å². The Bertz CT molecular complexity index is 1250. The fourth-order valence-electron chi connectivity index (χ4n) is 5.73. The summed E-state index contributed by atoms with van der Waals surface area (Å²) in [5, 5.41) is 52.7. The van der Waals surface area contributed by atoms with Crippen LogP contribution in [0.1, 0.15) is 23.1 Å². The molecule has 0 amide bonds. The van der Waals surface area contributed by atoms with E-state index in [4.69, 9.17) is 0 Å². The Labute approximate surface area is 195 Å². The monoisotopic (exact) mass is 467 g/mol. The van der Waals surface area contributed by atoms with Gasteiger partial charge in [-0.05, 0) is 50.6 Å². The molecule has 1 saturated carbocycles. The van der Waals surface area contributed by atoms with Gasteiger partial charge in [0, 0.05) is 36.8 Å². The van der Waals surface area contributed by atoms with Gasteiger partial charge < -0.3 is 25.3 Å². The van der Waals surface area contributed by atoms with Crippen LogP contribution in [-0.2, 0) is 20.8 Å². The van der Waals surface area contributed by atoms with E-state index in [9.17, 15) is 40.1 Å². The van der Waals surface area contributed by atoms with Crippen molar-refractivity contribution in [2.75, 3.05) is 33.1 Å². The number of Topliss-reactive ketones (excluding diaryl/α,β-unsaturated/α-hetero) is 2. The third kappa shape index (κ3) is 2.90. The molecule has 0 bridgehead atoms. The van der Waals surface area contributed by atoms with Gasteiger partial charge in [0.05, 0.1) is 17.7 Å². The summed E-state index contributed by atoms with van der Waals surface area (Å²) in [6.07, 6.45) is 0.275. The molecule has 0 unspecified atom stereocenters. The van der Waals surface area contributed by atoms with E-state index in [1.165, 1.54) is 25.1 Å². The number of carbonyl (C=O) groups is 3. The number of fused-ring (bicyclic) bond motifs is 3. The Kier molecular flexibility index (Phi) is 5.31. The first-order valence-electron chi connectivity index (χ1n) is 10.7. The van der Waals surface area contributed by atoms with Gasteiger partial charge in [-0.15, -0.1) is 0 Å². The molecule has 178 valence electrons. The van der Waals surface area contributed by atoms with Crippen molar-refractivity contribution in [3.05, 3.63) is 45.7 Å². The number of nitrogens with zero attached hydrogens (tertiary/aromatic N) is 3. The molecule has 0 aromatic heterocycles. The highest BCUT2D eigenvalue weighted by atomic mass is 16.4. The smallest absolute Gasteiger partial charge is 0.342 e. The second kappa shape index (κ2) is 7.68. The summed E-state index contributed by atoms with van der Waals surface area (Å²) in [4.78, 5) is 41.8. The third-order valence-corrected chi connectivity index (χ3v) is 7.17. The molecular weight excluding hydrogens is 442 g/mol. The van der Waals surface area contributed by atoms with Gasteiger partial charge in [0.25, 0.3) is 0 Å². The Morgan fingerprint density at radius 2 is 1.82 bits per heavy atom. The van der Waals surface area contributed by atoms with Crippen molar-refractivity contribution in [3.63, 3.8) is 0 Å². The normalized spacial score (nSPS) is 28.3. The van der Waals surface area contributed by atoms with E-state index in [1.54, 1.807) is 20.2 Å². The van der Waals surface area contributed by atoms with Crippen molar-refractivity contribution in [2.24, 2.45) is 11.8 Å². The molecule has 0 heterocycles. The van der Waals surface area contributed by atoms with Gasteiger partial charge in [0.1, 0.15) is 11.3 Å². The largest absolute Gasteiger partial charge is 0.508 e. The van der Waals surface area contributed by atoms with Crippen LogP contribution in [0.3, 0.4) is 0 Å². The zero-order valence-electron chi connectivity index (χ0n) is 19.2. The van der Waals surface area contributed by atoms with Crippen LogP contribution in [-0.4, -0.2) is 82.7 Å². The first-order valence-corrected chi connectivity index (χ1v) is 10.7. The second-order valence-electron chi connectivity index (χ2n) is 9.39. The lowest BCUT2D eigenvalue weighted by molar-refractivity contribution is -0.155.